The maximum atomic E-state index is 12.2. The number of nitrogens with zero attached hydrogens (tertiary/aromatic N) is 1. The fraction of sp³-hybridized carbons (Fsp3) is 0.417. The van der Waals surface area contributed by atoms with Gasteiger partial charge in [0.25, 0.3) is 5.91 Å². The summed E-state index contributed by atoms with van der Waals surface area (Å²) in [5.41, 5.74) is 0.687. The molecule has 0 N–H and O–H groups in total. The molecule has 4 heteroatoms. The normalized spacial score (nSPS) is 20.8. The van der Waals surface area contributed by atoms with Gasteiger partial charge in [0.2, 0.25) is 0 Å². The molecule has 0 aliphatic carbocycles. The second kappa shape index (κ2) is 5.09. The third-order valence-electron chi connectivity index (χ3n) is 2.64. The second-order valence-corrected chi connectivity index (χ2v) is 3.63. The minimum Gasteiger partial charge on any atom is -0.375 e. The molecule has 0 radical (unpaired) electrons. The van der Waals surface area contributed by atoms with E-state index in [1.54, 1.807) is 12.0 Å². The van der Waals surface area contributed by atoms with E-state index in [0.717, 1.165) is 0 Å². The maximum Gasteiger partial charge on any atom is 0.256 e. The van der Waals surface area contributed by atoms with Crippen LogP contribution < -0.4 is 0 Å². The first-order valence-corrected chi connectivity index (χ1v) is 5.29. The van der Waals surface area contributed by atoms with Crippen LogP contribution in [0.15, 0.2) is 30.3 Å². The fourth-order valence-corrected chi connectivity index (χ4v) is 1.76. The van der Waals surface area contributed by atoms with E-state index in [1.165, 1.54) is 0 Å². The van der Waals surface area contributed by atoms with Crippen LogP contribution in [0.4, 0.5) is 0 Å². The van der Waals surface area contributed by atoms with Gasteiger partial charge in [-0.15, -0.1) is 0 Å². The minimum atomic E-state index is -0.276. The average Bonchev–Trinajstić information content (AvgIpc) is 2.39. The van der Waals surface area contributed by atoms with Crippen LogP contribution in [-0.2, 0) is 9.47 Å². The lowest BCUT2D eigenvalue weighted by Gasteiger charge is -2.34. The van der Waals surface area contributed by atoms with Crippen molar-refractivity contribution in [2.24, 2.45) is 0 Å². The van der Waals surface area contributed by atoms with Gasteiger partial charge >= 0.3 is 0 Å². The van der Waals surface area contributed by atoms with E-state index in [-0.39, 0.29) is 12.1 Å². The van der Waals surface area contributed by atoms with Crippen molar-refractivity contribution in [2.45, 2.75) is 6.23 Å². The highest BCUT2D eigenvalue weighted by atomic mass is 16.5. The zero-order valence-electron chi connectivity index (χ0n) is 9.26. The molecule has 1 aliphatic heterocycles. The molecule has 1 aromatic rings. The van der Waals surface area contributed by atoms with E-state index in [0.29, 0.717) is 25.3 Å². The number of morpholine rings is 1. The average molecular weight is 221 g/mol. The van der Waals surface area contributed by atoms with Crippen molar-refractivity contribution >= 4 is 5.91 Å². The van der Waals surface area contributed by atoms with Crippen molar-refractivity contribution in [1.82, 2.24) is 4.90 Å². The third kappa shape index (κ3) is 2.23. The van der Waals surface area contributed by atoms with Gasteiger partial charge in [0.05, 0.1) is 13.2 Å². The van der Waals surface area contributed by atoms with Crippen molar-refractivity contribution < 1.29 is 14.3 Å². The Balaban J connectivity index is 2.14. The summed E-state index contributed by atoms with van der Waals surface area (Å²) in [6.45, 7) is 1.58. The van der Waals surface area contributed by atoms with Gasteiger partial charge in [-0.3, -0.25) is 4.79 Å². The van der Waals surface area contributed by atoms with Crippen LogP contribution in [0.3, 0.4) is 0 Å². The van der Waals surface area contributed by atoms with E-state index >= 15 is 0 Å². The van der Waals surface area contributed by atoms with Gasteiger partial charge in [0.1, 0.15) is 0 Å². The van der Waals surface area contributed by atoms with Crippen LogP contribution in [-0.4, -0.2) is 43.9 Å². The van der Waals surface area contributed by atoms with Crippen molar-refractivity contribution in [3.8, 4) is 0 Å². The van der Waals surface area contributed by atoms with Gasteiger partial charge < -0.3 is 14.4 Å². The van der Waals surface area contributed by atoms with Crippen LogP contribution in [0, 0.1) is 0 Å². The quantitative estimate of drug-likeness (QED) is 0.751. The maximum absolute atomic E-state index is 12.2. The number of rotatable bonds is 2. The van der Waals surface area contributed by atoms with E-state index in [1.807, 2.05) is 30.3 Å². The lowest BCUT2D eigenvalue weighted by atomic mass is 10.2. The molecule has 0 aromatic heterocycles. The monoisotopic (exact) mass is 221 g/mol. The summed E-state index contributed by atoms with van der Waals surface area (Å²) in [7, 11) is 1.59. The zero-order chi connectivity index (χ0) is 11.4. The number of amides is 1. The molecule has 4 nitrogen and oxygen atoms in total. The number of carbonyl (C=O) groups is 1. The third-order valence-corrected chi connectivity index (χ3v) is 2.64. The molecule has 1 saturated heterocycles. The summed E-state index contributed by atoms with van der Waals surface area (Å²) >= 11 is 0. The summed E-state index contributed by atoms with van der Waals surface area (Å²) in [6, 6.07) is 9.23. The lowest BCUT2D eigenvalue weighted by molar-refractivity contribution is -0.106. The Hall–Kier alpha value is -1.39. The molecule has 1 amide bonds. The summed E-state index contributed by atoms with van der Waals surface area (Å²) in [6.07, 6.45) is -0.276. The highest BCUT2D eigenvalue weighted by Gasteiger charge is 2.27. The molecule has 0 saturated carbocycles. The highest BCUT2D eigenvalue weighted by Crippen LogP contribution is 2.12. The van der Waals surface area contributed by atoms with Gasteiger partial charge in [-0.1, -0.05) is 18.2 Å². The number of ether oxygens (including phenoxy) is 2. The van der Waals surface area contributed by atoms with Crippen LogP contribution in [0.5, 0.6) is 0 Å². The molecule has 0 spiro atoms. The van der Waals surface area contributed by atoms with E-state index < -0.39 is 0 Å². The molecule has 1 atom stereocenters. The minimum absolute atomic E-state index is 0.00394. The number of carbonyl (C=O) groups excluding carboxylic acids is 1. The Morgan fingerprint density at radius 3 is 2.88 bits per heavy atom. The molecule has 1 aromatic carbocycles. The topological polar surface area (TPSA) is 38.8 Å². The molecule has 1 aliphatic rings. The Bertz CT molecular complexity index is 353. The molecular formula is C12H15NO3. The van der Waals surface area contributed by atoms with Gasteiger partial charge in [-0.2, -0.15) is 0 Å². The molecule has 1 unspecified atom stereocenters. The first kappa shape index (κ1) is 11.1. The number of benzene rings is 1. The number of hydrogen-bond donors (Lipinski definition) is 0. The predicted octanol–water partition coefficient (Wildman–Crippen LogP) is 1.13. The number of hydrogen-bond acceptors (Lipinski definition) is 3. The molecular weight excluding hydrogens is 206 g/mol. The van der Waals surface area contributed by atoms with Gasteiger partial charge in [-0.25, -0.2) is 0 Å². The number of methoxy groups -OCH3 is 1. The molecule has 1 fully saturated rings. The van der Waals surface area contributed by atoms with Crippen molar-refractivity contribution in [1.29, 1.82) is 0 Å². The van der Waals surface area contributed by atoms with Crippen LogP contribution >= 0.6 is 0 Å². The Kier molecular flexibility index (Phi) is 3.54. The van der Waals surface area contributed by atoms with Gasteiger partial charge in [0.15, 0.2) is 6.23 Å². The summed E-state index contributed by atoms with van der Waals surface area (Å²) in [5, 5.41) is 0. The van der Waals surface area contributed by atoms with E-state index in [9.17, 15) is 4.79 Å². The largest absolute Gasteiger partial charge is 0.375 e. The zero-order valence-corrected chi connectivity index (χ0v) is 9.26. The molecule has 1 heterocycles. The second-order valence-electron chi connectivity index (χ2n) is 3.63. The van der Waals surface area contributed by atoms with Crippen LogP contribution in [0.25, 0.3) is 0 Å². The van der Waals surface area contributed by atoms with E-state index in [2.05, 4.69) is 0 Å². The van der Waals surface area contributed by atoms with Gasteiger partial charge in [0, 0.05) is 19.2 Å². The standard InChI is InChI=1S/C12H15NO3/c1-15-11-9-16-8-7-13(11)12(14)10-5-3-2-4-6-10/h2-6,11H,7-9H2,1H3. The van der Waals surface area contributed by atoms with Crippen molar-refractivity contribution in [3.63, 3.8) is 0 Å². The Morgan fingerprint density at radius 2 is 2.19 bits per heavy atom. The predicted molar refractivity (Wildman–Crippen MR) is 59.1 cm³/mol. The Morgan fingerprint density at radius 1 is 1.44 bits per heavy atom. The highest BCUT2D eigenvalue weighted by molar-refractivity contribution is 5.94. The van der Waals surface area contributed by atoms with Crippen molar-refractivity contribution in [2.75, 3.05) is 26.9 Å². The summed E-state index contributed by atoms with van der Waals surface area (Å²) in [5.74, 6) is -0.00394. The first-order valence-electron chi connectivity index (χ1n) is 5.29. The first-order chi connectivity index (χ1) is 7.83. The van der Waals surface area contributed by atoms with Gasteiger partial charge in [-0.05, 0) is 12.1 Å². The van der Waals surface area contributed by atoms with Crippen molar-refractivity contribution in [3.05, 3.63) is 35.9 Å². The SMILES string of the molecule is COC1COCCN1C(=O)c1ccccc1. The van der Waals surface area contributed by atoms with Crippen LogP contribution in [0.1, 0.15) is 10.4 Å². The lowest BCUT2D eigenvalue weighted by Crippen LogP contribution is -2.49. The smallest absolute Gasteiger partial charge is 0.256 e. The fourth-order valence-electron chi connectivity index (χ4n) is 1.76. The summed E-state index contributed by atoms with van der Waals surface area (Å²) < 4.78 is 10.5. The Labute approximate surface area is 94.8 Å². The van der Waals surface area contributed by atoms with E-state index in [4.69, 9.17) is 9.47 Å². The van der Waals surface area contributed by atoms with Crippen LogP contribution in [0.2, 0.25) is 0 Å². The summed E-state index contributed by atoms with van der Waals surface area (Å²) in [4.78, 5) is 13.9. The molecule has 0 bridgehead atoms. The molecule has 86 valence electrons. The molecule has 2 rings (SSSR count). The molecule has 16 heavy (non-hydrogen) atoms.